The number of ether oxygens (including phenoxy) is 1. The topological polar surface area (TPSA) is 63.7 Å². The van der Waals surface area contributed by atoms with Gasteiger partial charge in [-0.25, -0.2) is 8.42 Å². The molecule has 1 amide bonds. The molecule has 3 aromatic carbocycles. The minimum absolute atomic E-state index is 0.0467. The van der Waals surface area contributed by atoms with Crippen LogP contribution in [0.15, 0.2) is 83.8 Å². The molecule has 3 aromatic rings. The summed E-state index contributed by atoms with van der Waals surface area (Å²) in [5.74, 6) is -0.111. The fourth-order valence-electron chi connectivity index (χ4n) is 3.21. The summed E-state index contributed by atoms with van der Waals surface area (Å²) >= 11 is 0. The van der Waals surface area contributed by atoms with Crippen molar-refractivity contribution in [2.75, 3.05) is 10.9 Å². The van der Waals surface area contributed by atoms with E-state index in [0.717, 1.165) is 15.4 Å². The second-order valence-corrected chi connectivity index (χ2v) is 10.1. The lowest BCUT2D eigenvalue weighted by atomic mass is 9.86. The molecule has 0 bridgehead atoms. The summed E-state index contributed by atoms with van der Waals surface area (Å²) in [7, 11) is -4.11. The van der Waals surface area contributed by atoms with Crippen LogP contribution in [0.2, 0.25) is 0 Å². The minimum Gasteiger partial charge on any atom is -0.483 e. The Morgan fingerprint density at radius 3 is 2.06 bits per heavy atom. The Morgan fingerprint density at radius 1 is 0.871 bits per heavy atom. The van der Waals surface area contributed by atoms with Crippen molar-refractivity contribution in [3.63, 3.8) is 0 Å². The number of benzene rings is 3. The third-order valence-electron chi connectivity index (χ3n) is 4.82. The van der Waals surface area contributed by atoms with Crippen LogP contribution >= 0.6 is 0 Å². The van der Waals surface area contributed by atoms with Crippen molar-refractivity contribution in [2.45, 2.75) is 38.0 Å². The van der Waals surface area contributed by atoms with Crippen LogP contribution in [0.25, 0.3) is 0 Å². The monoisotopic (exact) mass is 437 g/mol. The quantitative estimate of drug-likeness (QED) is 0.539. The van der Waals surface area contributed by atoms with Crippen LogP contribution in [-0.4, -0.2) is 20.9 Å². The van der Waals surface area contributed by atoms with Crippen molar-refractivity contribution in [2.24, 2.45) is 0 Å². The van der Waals surface area contributed by atoms with Crippen LogP contribution in [-0.2, 0) is 20.2 Å². The maximum Gasteiger partial charge on any atom is 0.278 e. The molecule has 0 N–H and O–H groups in total. The Bertz CT molecular complexity index is 1150. The van der Waals surface area contributed by atoms with Gasteiger partial charge in [0.15, 0.2) is 6.61 Å². The van der Waals surface area contributed by atoms with Gasteiger partial charge >= 0.3 is 0 Å². The van der Waals surface area contributed by atoms with Crippen LogP contribution in [0.3, 0.4) is 0 Å². The van der Waals surface area contributed by atoms with Gasteiger partial charge in [0.25, 0.3) is 15.9 Å². The number of anilines is 1. The number of rotatable bonds is 6. The molecule has 0 saturated carbocycles. The summed E-state index contributed by atoms with van der Waals surface area (Å²) in [6.07, 6.45) is 0. The van der Waals surface area contributed by atoms with Crippen molar-refractivity contribution in [3.8, 4) is 5.75 Å². The summed E-state index contributed by atoms with van der Waals surface area (Å²) in [4.78, 5) is 13.2. The second-order valence-electron chi connectivity index (χ2n) is 8.35. The lowest BCUT2D eigenvalue weighted by molar-refractivity contribution is -0.119. The molecule has 0 atom stereocenters. The van der Waals surface area contributed by atoms with E-state index in [0.29, 0.717) is 5.75 Å². The molecule has 0 aliphatic rings. The Hall–Kier alpha value is -3.12. The highest BCUT2D eigenvalue weighted by Gasteiger charge is 2.31. The van der Waals surface area contributed by atoms with Gasteiger partial charge in [0.2, 0.25) is 0 Å². The summed E-state index contributed by atoms with van der Waals surface area (Å²) in [5, 5.41) is 0. The SMILES string of the molecule is Cc1ccc(S(=O)(=O)N(C(=O)COc2ccccc2C(C)(C)C)c2ccccc2)cc1. The number of nitrogens with zero attached hydrogens (tertiary/aromatic N) is 1. The average Bonchev–Trinajstić information content (AvgIpc) is 2.73. The van der Waals surface area contributed by atoms with Crippen LogP contribution < -0.4 is 9.04 Å². The molecule has 0 aliphatic heterocycles. The smallest absolute Gasteiger partial charge is 0.278 e. The van der Waals surface area contributed by atoms with Crippen molar-refractivity contribution in [3.05, 3.63) is 90.0 Å². The van der Waals surface area contributed by atoms with Crippen LogP contribution in [0.1, 0.15) is 31.9 Å². The zero-order valence-electron chi connectivity index (χ0n) is 18.2. The van der Waals surface area contributed by atoms with E-state index >= 15 is 0 Å². The standard InChI is InChI=1S/C25H27NO4S/c1-19-14-16-21(17-15-19)31(28,29)26(20-10-6-5-7-11-20)24(27)18-30-23-13-9-8-12-22(23)25(2,3)4/h5-17H,18H2,1-4H3. The van der Waals surface area contributed by atoms with Gasteiger partial charge in [-0.3, -0.25) is 4.79 Å². The molecule has 3 rings (SSSR count). The molecule has 6 heteroatoms. The highest BCUT2D eigenvalue weighted by Crippen LogP contribution is 2.31. The zero-order valence-corrected chi connectivity index (χ0v) is 19.0. The molecule has 0 fully saturated rings. The zero-order chi connectivity index (χ0) is 22.6. The summed E-state index contributed by atoms with van der Waals surface area (Å²) in [6, 6.07) is 22.2. The third kappa shape index (κ3) is 5.14. The van der Waals surface area contributed by atoms with E-state index < -0.39 is 22.5 Å². The lowest BCUT2D eigenvalue weighted by Gasteiger charge is -2.25. The molecule has 0 aliphatic carbocycles. The van der Waals surface area contributed by atoms with Gasteiger partial charge in [-0.1, -0.05) is 74.9 Å². The number of para-hydroxylation sites is 2. The predicted octanol–water partition coefficient (Wildman–Crippen LogP) is 5.09. The van der Waals surface area contributed by atoms with E-state index in [1.54, 1.807) is 48.5 Å². The highest BCUT2D eigenvalue weighted by atomic mass is 32.2. The molecule has 0 radical (unpaired) electrons. The molecule has 5 nitrogen and oxygen atoms in total. The molecule has 0 aromatic heterocycles. The first-order chi connectivity index (χ1) is 14.6. The molecule has 0 spiro atoms. The first-order valence-corrected chi connectivity index (χ1v) is 11.5. The van der Waals surface area contributed by atoms with Crippen molar-refractivity contribution < 1.29 is 17.9 Å². The van der Waals surface area contributed by atoms with E-state index in [-0.39, 0.29) is 16.0 Å². The Balaban J connectivity index is 1.95. The molecular formula is C25H27NO4S. The number of carbonyl (C=O) groups is 1. The number of carbonyl (C=O) groups excluding carboxylic acids is 1. The van der Waals surface area contributed by atoms with Crippen LogP contribution in [0.5, 0.6) is 5.75 Å². The summed E-state index contributed by atoms with van der Waals surface area (Å²) in [6.45, 7) is 7.61. The maximum absolute atomic E-state index is 13.4. The Kier molecular flexibility index (Phi) is 6.51. The fourth-order valence-corrected chi connectivity index (χ4v) is 4.62. The largest absolute Gasteiger partial charge is 0.483 e. The highest BCUT2D eigenvalue weighted by molar-refractivity contribution is 7.93. The van der Waals surface area contributed by atoms with Crippen LogP contribution in [0.4, 0.5) is 5.69 Å². The minimum atomic E-state index is -4.11. The van der Waals surface area contributed by atoms with Gasteiger partial charge < -0.3 is 4.74 Å². The average molecular weight is 438 g/mol. The summed E-state index contributed by atoms with van der Waals surface area (Å²) < 4.78 is 33.4. The Morgan fingerprint density at radius 2 is 1.45 bits per heavy atom. The third-order valence-corrected chi connectivity index (χ3v) is 6.59. The summed E-state index contributed by atoms with van der Waals surface area (Å²) in [5.41, 5.74) is 1.95. The molecule has 0 saturated heterocycles. The first-order valence-electron chi connectivity index (χ1n) is 10.0. The fraction of sp³-hybridized carbons (Fsp3) is 0.240. The predicted molar refractivity (Wildman–Crippen MR) is 123 cm³/mol. The number of sulfonamides is 1. The van der Waals surface area contributed by atoms with E-state index in [1.807, 2.05) is 25.1 Å². The van der Waals surface area contributed by atoms with Gasteiger partial charge in [0.1, 0.15) is 5.75 Å². The number of hydrogen-bond donors (Lipinski definition) is 0. The number of aryl methyl sites for hydroxylation is 1. The normalized spacial score (nSPS) is 11.7. The van der Waals surface area contributed by atoms with E-state index in [1.165, 1.54) is 12.1 Å². The molecule has 31 heavy (non-hydrogen) atoms. The lowest BCUT2D eigenvalue weighted by Crippen LogP contribution is -2.40. The van der Waals surface area contributed by atoms with Crippen molar-refractivity contribution in [1.29, 1.82) is 0 Å². The molecule has 162 valence electrons. The van der Waals surface area contributed by atoms with Crippen LogP contribution in [0, 0.1) is 6.92 Å². The van der Waals surface area contributed by atoms with Gasteiger partial charge in [-0.2, -0.15) is 4.31 Å². The maximum atomic E-state index is 13.4. The molecule has 0 unspecified atom stereocenters. The molecular weight excluding hydrogens is 410 g/mol. The Labute approximate surface area is 184 Å². The second kappa shape index (κ2) is 8.94. The number of hydrogen-bond acceptors (Lipinski definition) is 4. The van der Waals surface area contributed by atoms with E-state index in [9.17, 15) is 13.2 Å². The van der Waals surface area contributed by atoms with Crippen molar-refractivity contribution in [1.82, 2.24) is 0 Å². The van der Waals surface area contributed by atoms with Crippen molar-refractivity contribution >= 4 is 21.6 Å². The van der Waals surface area contributed by atoms with Gasteiger partial charge in [0, 0.05) is 0 Å². The van der Waals surface area contributed by atoms with E-state index in [4.69, 9.17) is 4.74 Å². The van der Waals surface area contributed by atoms with E-state index in [2.05, 4.69) is 20.8 Å². The van der Waals surface area contributed by atoms with Gasteiger partial charge in [0.05, 0.1) is 10.6 Å². The number of amides is 1. The molecule has 0 heterocycles. The van der Waals surface area contributed by atoms with Gasteiger partial charge in [-0.15, -0.1) is 0 Å². The van der Waals surface area contributed by atoms with Gasteiger partial charge in [-0.05, 0) is 48.2 Å². The first kappa shape index (κ1) is 22.6.